The third-order valence-corrected chi connectivity index (χ3v) is 6.85. The van der Waals surface area contributed by atoms with Crippen LogP contribution in [0.25, 0.3) is 0 Å². The van der Waals surface area contributed by atoms with Crippen LogP contribution in [0.5, 0.6) is 0 Å². The van der Waals surface area contributed by atoms with Gasteiger partial charge in [0, 0.05) is 19.3 Å². The van der Waals surface area contributed by atoms with Crippen LogP contribution < -0.4 is 5.32 Å². The summed E-state index contributed by atoms with van der Waals surface area (Å²) in [4.78, 5) is 17.0. The van der Waals surface area contributed by atoms with Gasteiger partial charge in [-0.1, -0.05) is 17.7 Å². The first-order chi connectivity index (χ1) is 12.4. The first-order valence-electron chi connectivity index (χ1n) is 8.80. The van der Waals surface area contributed by atoms with Gasteiger partial charge in [-0.2, -0.15) is 4.31 Å². The number of hydrogen-bond donors (Lipinski definition) is 1. The van der Waals surface area contributed by atoms with Crippen LogP contribution in [0.1, 0.15) is 30.1 Å². The fraction of sp³-hybridized carbons (Fsp3) is 0.444. The summed E-state index contributed by atoms with van der Waals surface area (Å²) in [5, 5.41) is 2.96. The first-order valence-corrected chi connectivity index (χ1v) is 10.2. The minimum atomic E-state index is -3.67. The Morgan fingerprint density at radius 1 is 1.27 bits per heavy atom. The van der Waals surface area contributed by atoms with Crippen LogP contribution >= 0.6 is 0 Å². The van der Waals surface area contributed by atoms with Gasteiger partial charge in [-0.15, -0.1) is 0 Å². The van der Waals surface area contributed by atoms with Crippen molar-refractivity contribution in [2.75, 3.05) is 13.1 Å². The number of amides is 1. The molecule has 2 aromatic rings. The van der Waals surface area contributed by atoms with Gasteiger partial charge in [-0.05, 0) is 37.8 Å². The van der Waals surface area contributed by atoms with E-state index in [0.717, 1.165) is 24.1 Å². The maximum Gasteiger partial charge on any atom is 0.244 e. The van der Waals surface area contributed by atoms with Gasteiger partial charge in [0.05, 0.1) is 23.5 Å². The second-order valence-corrected chi connectivity index (χ2v) is 9.05. The van der Waals surface area contributed by atoms with Crippen LogP contribution in [-0.4, -0.2) is 41.3 Å². The van der Waals surface area contributed by atoms with Crippen LogP contribution in [0, 0.1) is 12.8 Å². The lowest BCUT2D eigenvalue weighted by atomic mass is 10.2. The molecule has 2 heterocycles. The van der Waals surface area contributed by atoms with Crippen LogP contribution in [-0.2, 0) is 21.4 Å². The van der Waals surface area contributed by atoms with Gasteiger partial charge >= 0.3 is 0 Å². The average Bonchev–Trinajstić information content (AvgIpc) is 3.34. The Hall–Kier alpha value is -2.19. The number of aryl methyl sites for hydroxylation is 1. The summed E-state index contributed by atoms with van der Waals surface area (Å²) in [5.41, 5.74) is 1.72. The average molecular weight is 374 g/mol. The van der Waals surface area contributed by atoms with Crippen LogP contribution in [0.2, 0.25) is 0 Å². The number of imidazole rings is 1. The standard InChI is InChI=1S/C18H22N4O3S/c1-13-2-6-16(7-3-13)26(24,25)21-10-15-9-19-12-22(15)17(11-21)18(23)20-8-14-4-5-14/h2-3,6-7,9,12,14,17H,4-5,8,10-11H2,1H3,(H,20,23)/t17-/m0/s1. The van der Waals surface area contributed by atoms with Gasteiger partial charge in [0.1, 0.15) is 6.04 Å². The molecule has 2 aliphatic rings. The summed E-state index contributed by atoms with van der Waals surface area (Å²) in [6, 6.07) is 6.18. The molecule has 0 saturated heterocycles. The molecule has 1 aromatic heterocycles. The molecule has 0 radical (unpaired) electrons. The minimum absolute atomic E-state index is 0.107. The normalized spacial score (nSPS) is 20.6. The molecule has 1 aliphatic carbocycles. The van der Waals surface area contributed by atoms with E-state index in [1.807, 2.05) is 6.92 Å². The molecule has 26 heavy (non-hydrogen) atoms. The van der Waals surface area contributed by atoms with E-state index in [9.17, 15) is 13.2 Å². The maximum atomic E-state index is 13.0. The first kappa shape index (κ1) is 17.2. The molecule has 1 amide bonds. The summed E-state index contributed by atoms with van der Waals surface area (Å²) in [7, 11) is -3.67. The quantitative estimate of drug-likeness (QED) is 0.859. The Labute approximate surface area is 153 Å². The monoisotopic (exact) mass is 374 g/mol. The maximum absolute atomic E-state index is 13.0. The highest BCUT2D eigenvalue weighted by atomic mass is 32.2. The van der Waals surface area contributed by atoms with Crippen LogP contribution in [0.15, 0.2) is 41.7 Å². The van der Waals surface area contributed by atoms with Crippen molar-refractivity contribution in [3.8, 4) is 0 Å². The molecule has 1 aromatic carbocycles. The number of aromatic nitrogens is 2. The van der Waals surface area contributed by atoms with Gasteiger partial charge in [-0.3, -0.25) is 4.79 Å². The highest BCUT2D eigenvalue weighted by Gasteiger charge is 2.37. The highest BCUT2D eigenvalue weighted by Crippen LogP contribution is 2.29. The van der Waals surface area contributed by atoms with Crippen molar-refractivity contribution >= 4 is 15.9 Å². The molecule has 0 bridgehead atoms. The lowest BCUT2D eigenvalue weighted by Gasteiger charge is -2.33. The van der Waals surface area contributed by atoms with Crippen molar-refractivity contribution in [1.29, 1.82) is 0 Å². The Kier molecular flexibility index (Phi) is 4.32. The fourth-order valence-electron chi connectivity index (χ4n) is 3.20. The number of sulfonamides is 1. The zero-order valence-electron chi connectivity index (χ0n) is 14.6. The predicted molar refractivity (Wildman–Crippen MR) is 95.8 cm³/mol. The summed E-state index contributed by atoms with van der Waals surface area (Å²) < 4.78 is 29.2. The zero-order valence-corrected chi connectivity index (χ0v) is 15.4. The van der Waals surface area contributed by atoms with Crippen molar-refractivity contribution in [3.63, 3.8) is 0 Å². The fourth-order valence-corrected chi connectivity index (χ4v) is 4.62. The van der Waals surface area contributed by atoms with Gasteiger partial charge in [0.25, 0.3) is 0 Å². The lowest BCUT2D eigenvalue weighted by molar-refractivity contribution is -0.125. The molecule has 0 spiro atoms. The van der Waals surface area contributed by atoms with Gasteiger partial charge in [0.15, 0.2) is 0 Å². The van der Waals surface area contributed by atoms with Crippen molar-refractivity contribution < 1.29 is 13.2 Å². The molecule has 1 aliphatic heterocycles. The third-order valence-electron chi connectivity index (χ3n) is 5.02. The number of rotatable bonds is 5. The number of hydrogen-bond acceptors (Lipinski definition) is 4. The van der Waals surface area contributed by atoms with Gasteiger partial charge in [0.2, 0.25) is 15.9 Å². The topological polar surface area (TPSA) is 84.3 Å². The Bertz CT molecular complexity index is 916. The van der Waals surface area contributed by atoms with Crippen molar-refractivity contribution in [1.82, 2.24) is 19.2 Å². The molecule has 1 saturated carbocycles. The van der Waals surface area contributed by atoms with Crippen molar-refractivity contribution in [2.45, 2.75) is 37.2 Å². The SMILES string of the molecule is Cc1ccc(S(=O)(=O)N2Cc3cncn3[C@H](C(=O)NCC3CC3)C2)cc1. The summed E-state index contributed by atoms with van der Waals surface area (Å²) in [6.45, 7) is 2.89. The molecule has 1 fully saturated rings. The molecule has 0 unspecified atom stereocenters. The van der Waals surface area contributed by atoms with E-state index in [1.54, 1.807) is 41.4 Å². The molecule has 1 N–H and O–H groups in total. The second-order valence-electron chi connectivity index (χ2n) is 7.11. The van der Waals surface area contributed by atoms with E-state index in [0.29, 0.717) is 12.5 Å². The number of nitrogens with one attached hydrogen (secondary N) is 1. The lowest BCUT2D eigenvalue weighted by Crippen LogP contribution is -2.46. The number of fused-ring (bicyclic) bond motifs is 1. The second kappa shape index (κ2) is 6.51. The van der Waals surface area contributed by atoms with Crippen LogP contribution in [0.3, 0.4) is 0 Å². The summed E-state index contributed by atoms with van der Waals surface area (Å²) >= 11 is 0. The molecule has 1 atom stereocenters. The molecular formula is C18H22N4O3S. The van der Waals surface area contributed by atoms with E-state index in [-0.39, 0.29) is 23.9 Å². The molecule has 8 heteroatoms. The van der Waals surface area contributed by atoms with E-state index in [4.69, 9.17) is 0 Å². The molecule has 138 valence electrons. The molecule has 4 rings (SSSR count). The van der Waals surface area contributed by atoms with E-state index >= 15 is 0 Å². The zero-order chi connectivity index (χ0) is 18.3. The molecular weight excluding hydrogens is 352 g/mol. The van der Waals surface area contributed by atoms with Crippen molar-refractivity contribution in [3.05, 3.63) is 48.0 Å². The van der Waals surface area contributed by atoms with Crippen LogP contribution in [0.4, 0.5) is 0 Å². The van der Waals surface area contributed by atoms with E-state index < -0.39 is 16.1 Å². The highest BCUT2D eigenvalue weighted by molar-refractivity contribution is 7.89. The van der Waals surface area contributed by atoms with Crippen molar-refractivity contribution in [2.24, 2.45) is 5.92 Å². The number of benzene rings is 1. The number of carbonyl (C=O) groups excluding carboxylic acids is 1. The van der Waals surface area contributed by atoms with Gasteiger partial charge in [-0.25, -0.2) is 13.4 Å². The minimum Gasteiger partial charge on any atom is -0.354 e. The predicted octanol–water partition coefficient (Wildman–Crippen LogP) is 1.46. The Balaban J connectivity index is 1.60. The Morgan fingerprint density at radius 2 is 2.00 bits per heavy atom. The number of carbonyl (C=O) groups is 1. The largest absolute Gasteiger partial charge is 0.354 e. The smallest absolute Gasteiger partial charge is 0.244 e. The Morgan fingerprint density at radius 3 is 2.69 bits per heavy atom. The van der Waals surface area contributed by atoms with Gasteiger partial charge < -0.3 is 9.88 Å². The summed E-state index contributed by atoms with van der Waals surface area (Å²) in [5.74, 6) is 0.414. The molecule has 7 nitrogen and oxygen atoms in total. The summed E-state index contributed by atoms with van der Waals surface area (Å²) in [6.07, 6.45) is 5.52. The third kappa shape index (κ3) is 3.26. The number of nitrogens with zero attached hydrogens (tertiary/aromatic N) is 3. The van der Waals surface area contributed by atoms with E-state index in [2.05, 4.69) is 10.3 Å². The van der Waals surface area contributed by atoms with E-state index in [1.165, 1.54) is 4.31 Å².